The molecule has 0 radical (unpaired) electrons. The number of rotatable bonds is 7. The molecule has 0 aliphatic heterocycles. The van der Waals surface area contributed by atoms with E-state index in [9.17, 15) is 9.67 Å². The smallest absolute Gasteiger partial charge is 0.371 e. The summed E-state index contributed by atoms with van der Waals surface area (Å²) in [5.41, 5.74) is 0. The third kappa shape index (κ3) is 4.69. The van der Waals surface area contributed by atoms with Gasteiger partial charge in [-0.25, -0.2) is 0 Å². The number of benzene rings is 1. The normalized spacial score (nSPS) is 13.2. The largest absolute Gasteiger partial charge is 0.511 e. The number of hydrogen-bond donors (Lipinski definition) is 1. The Balaban J connectivity index is 3.07. The first-order chi connectivity index (χ1) is 9.03. The van der Waals surface area contributed by atoms with Gasteiger partial charge in [-0.2, -0.15) is 0 Å². The zero-order valence-electron chi connectivity index (χ0n) is 11.3. The number of hydrogen-bond acceptors (Lipinski definition) is 5. The molecule has 0 fully saturated rings. The van der Waals surface area contributed by atoms with Crippen molar-refractivity contribution in [3.05, 3.63) is 40.7 Å². The number of thioether (sulfide) groups is 1. The Morgan fingerprint density at radius 1 is 1.21 bits per heavy atom. The summed E-state index contributed by atoms with van der Waals surface area (Å²) in [6.07, 6.45) is 0. The molecule has 1 aromatic rings. The van der Waals surface area contributed by atoms with Gasteiger partial charge in [-0.1, -0.05) is 30.0 Å². The number of aliphatic hydroxyl groups excluding tert-OH is 1. The van der Waals surface area contributed by atoms with Gasteiger partial charge in [0.05, 0.1) is 13.2 Å². The maximum Gasteiger partial charge on any atom is 0.371 e. The van der Waals surface area contributed by atoms with E-state index in [1.807, 2.05) is 30.3 Å². The van der Waals surface area contributed by atoms with Gasteiger partial charge in [-0.3, -0.25) is 4.57 Å². The fraction of sp³-hybridized carbons (Fsp3) is 0.385. The molecule has 0 unspecified atom stereocenters. The molecule has 0 heterocycles. The van der Waals surface area contributed by atoms with Gasteiger partial charge in [-0.15, -0.1) is 0 Å². The van der Waals surface area contributed by atoms with Crippen LogP contribution in [0.2, 0.25) is 0 Å². The van der Waals surface area contributed by atoms with Crippen LogP contribution >= 0.6 is 19.4 Å². The van der Waals surface area contributed by atoms with Crippen LogP contribution in [-0.4, -0.2) is 18.3 Å². The summed E-state index contributed by atoms with van der Waals surface area (Å²) in [5.74, 6) is -0.0425. The first kappa shape index (κ1) is 16.3. The summed E-state index contributed by atoms with van der Waals surface area (Å²) in [5, 5.41) is 9.79. The number of allylic oxidation sites excluding steroid dienone is 1. The molecule has 0 amide bonds. The molecule has 0 bridgehead atoms. The standard InChI is InChI=1S/C13H19O4PS/c1-4-16-18(15,17-5-2)13(11(3)14)19-12-9-7-6-8-10-12/h6-10,14H,4-5H2,1-3H3/b13-11+. The van der Waals surface area contributed by atoms with Crippen molar-refractivity contribution in [2.45, 2.75) is 25.7 Å². The Morgan fingerprint density at radius 3 is 2.16 bits per heavy atom. The fourth-order valence-corrected chi connectivity index (χ4v) is 4.55. The van der Waals surface area contributed by atoms with Crippen LogP contribution in [-0.2, 0) is 13.6 Å². The Morgan fingerprint density at radius 2 is 1.74 bits per heavy atom. The Kier molecular flexibility index (Phi) is 6.66. The first-order valence-corrected chi connectivity index (χ1v) is 8.41. The second-order valence-electron chi connectivity index (χ2n) is 3.64. The van der Waals surface area contributed by atoms with Crippen molar-refractivity contribution in [1.82, 2.24) is 0 Å². The molecule has 0 saturated heterocycles. The lowest BCUT2D eigenvalue weighted by atomic mass is 10.4. The average Bonchev–Trinajstić information content (AvgIpc) is 2.37. The van der Waals surface area contributed by atoms with Gasteiger partial charge in [0, 0.05) is 4.90 Å². The highest BCUT2D eigenvalue weighted by Gasteiger charge is 2.32. The summed E-state index contributed by atoms with van der Waals surface area (Å²) in [6, 6.07) is 9.38. The summed E-state index contributed by atoms with van der Waals surface area (Å²) in [4.78, 5) is 0.866. The molecule has 0 spiro atoms. The summed E-state index contributed by atoms with van der Waals surface area (Å²) in [6.45, 7) is 5.47. The van der Waals surface area contributed by atoms with Crippen molar-refractivity contribution in [3.8, 4) is 0 Å². The highest BCUT2D eigenvalue weighted by Crippen LogP contribution is 2.62. The van der Waals surface area contributed by atoms with Gasteiger partial charge in [0.25, 0.3) is 0 Å². The zero-order valence-corrected chi connectivity index (χ0v) is 13.0. The second-order valence-corrected chi connectivity index (χ2v) is 6.98. The molecule has 0 aromatic heterocycles. The van der Waals surface area contributed by atoms with Crippen molar-refractivity contribution < 1.29 is 18.7 Å². The van der Waals surface area contributed by atoms with E-state index in [0.717, 1.165) is 4.90 Å². The fourth-order valence-electron chi connectivity index (χ4n) is 1.42. The molecule has 0 saturated carbocycles. The van der Waals surface area contributed by atoms with Crippen LogP contribution < -0.4 is 0 Å². The summed E-state index contributed by atoms with van der Waals surface area (Å²) < 4.78 is 23.4. The van der Waals surface area contributed by atoms with Crippen molar-refractivity contribution in [2.24, 2.45) is 0 Å². The van der Waals surface area contributed by atoms with Gasteiger partial charge in [-0.05, 0) is 32.9 Å². The number of aliphatic hydroxyl groups is 1. The van der Waals surface area contributed by atoms with Crippen LogP contribution in [0.25, 0.3) is 0 Å². The van der Waals surface area contributed by atoms with Crippen LogP contribution in [0, 0.1) is 0 Å². The zero-order chi connectivity index (χ0) is 14.3. The average molecular weight is 302 g/mol. The molecule has 1 N–H and O–H groups in total. The maximum atomic E-state index is 12.7. The van der Waals surface area contributed by atoms with E-state index < -0.39 is 7.60 Å². The van der Waals surface area contributed by atoms with Crippen LogP contribution in [0.15, 0.2) is 45.6 Å². The lowest BCUT2D eigenvalue weighted by molar-refractivity contribution is 0.227. The van der Waals surface area contributed by atoms with E-state index in [1.165, 1.54) is 18.7 Å². The van der Waals surface area contributed by atoms with E-state index in [0.29, 0.717) is 0 Å². The van der Waals surface area contributed by atoms with Crippen LogP contribution in [0.4, 0.5) is 0 Å². The second kappa shape index (κ2) is 7.75. The van der Waals surface area contributed by atoms with Crippen LogP contribution in [0.1, 0.15) is 20.8 Å². The van der Waals surface area contributed by atoms with E-state index in [-0.39, 0.29) is 23.6 Å². The highest BCUT2D eigenvalue weighted by atomic mass is 32.2. The molecule has 6 heteroatoms. The quantitative estimate of drug-likeness (QED) is 0.446. The van der Waals surface area contributed by atoms with Crippen molar-refractivity contribution >= 4 is 19.4 Å². The lowest BCUT2D eigenvalue weighted by Crippen LogP contribution is -1.99. The summed E-state index contributed by atoms with van der Waals surface area (Å²) in [7, 11) is -3.46. The summed E-state index contributed by atoms with van der Waals surface area (Å²) >= 11 is 1.20. The minimum atomic E-state index is -3.46. The Labute approximate surface area is 118 Å². The van der Waals surface area contributed by atoms with Crippen molar-refractivity contribution in [3.63, 3.8) is 0 Å². The van der Waals surface area contributed by atoms with Gasteiger partial charge < -0.3 is 14.2 Å². The minimum absolute atomic E-state index is 0.0425. The van der Waals surface area contributed by atoms with Gasteiger partial charge in [0.15, 0.2) is 0 Å². The molecule has 0 atom stereocenters. The molecule has 0 aliphatic carbocycles. The predicted molar refractivity (Wildman–Crippen MR) is 78.5 cm³/mol. The molecule has 4 nitrogen and oxygen atoms in total. The van der Waals surface area contributed by atoms with Gasteiger partial charge in [0.2, 0.25) is 0 Å². The molecule has 19 heavy (non-hydrogen) atoms. The first-order valence-electron chi connectivity index (χ1n) is 6.06. The molecule has 1 aromatic carbocycles. The Hall–Kier alpha value is -0.740. The monoisotopic (exact) mass is 302 g/mol. The van der Waals surface area contributed by atoms with E-state index in [2.05, 4.69) is 0 Å². The van der Waals surface area contributed by atoms with Crippen LogP contribution in [0.5, 0.6) is 0 Å². The van der Waals surface area contributed by atoms with Crippen molar-refractivity contribution in [2.75, 3.05) is 13.2 Å². The lowest BCUT2D eigenvalue weighted by Gasteiger charge is -2.20. The van der Waals surface area contributed by atoms with Crippen molar-refractivity contribution in [1.29, 1.82) is 0 Å². The minimum Gasteiger partial charge on any atom is -0.511 e. The molecule has 1 rings (SSSR count). The maximum absolute atomic E-state index is 12.7. The molecule has 0 aliphatic rings. The van der Waals surface area contributed by atoms with E-state index in [4.69, 9.17) is 9.05 Å². The SMILES string of the molecule is CCOP(=O)(OCC)/C(Sc1ccccc1)=C(/C)O. The van der Waals surface area contributed by atoms with Crippen LogP contribution in [0.3, 0.4) is 0 Å². The predicted octanol–water partition coefficient (Wildman–Crippen LogP) is 4.79. The Bertz CT molecular complexity index is 459. The van der Waals surface area contributed by atoms with E-state index in [1.54, 1.807) is 13.8 Å². The van der Waals surface area contributed by atoms with Gasteiger partial charge in [0.1, 0.15) is 10.4 Å². The van der Waals surface area contributed by atoms with Gasteiger partial charge >= 0.3 is 7.60 Å². The third-order valence-corrected chi connectivity index (χ3v) is 6.07. The molecular formula is C13H19O4PS. The topological polar surface area (TPSA) is 55.8 Å². The highest BCUT2D eigenvalue weighted by molar-refractivity contribution is 8.10. The molecule has 106 valence electrons. The van der Waals surface area contributed by atoms with E-state index >= 15 is 0 Å². The third-order valence-electron chi connectivity index (χ3n) is 2.11. The molecular weight excluding hydrogens is 283 g/mol.